The van der Waals surface area contributed by atoms with Gasteiger partial charge in [-0.25, -0.2) is 0 Å². The SMILES string of the molecule is COc1ccc(-c2nnc([C@H](C)CC[C@H]3O[C@H]4C[C@H]5[C@@H]6CC=C7C[C@@H](OC(C)=O)CC[C@]7(C)[C@H]6CC[C@]5(C)[C@H]4[C@@H]3C)o2)cc1. The standard InChI is InChI=1S/C37H50N2O5/c1-21(34-38-39-35(44-34)24-8-11-26(41-6)12-9-24)7-14-31-22(2)33-32(43-31)20-30-28-13-10-25-19-27(42-23(3)40)15-17-36(25,4)29(28)16-18-37(30,33)5/h8-12,21-22,27-33H,7,13-20H2,1-6H3/t21-,22-,27+,28-,29+,30+,31-,32+,33+,36+,37+/m1/s1. The molecule has 7 nitrogen and oxygen atoms in total. The highest BCUT2D eigenvalue weighted by Gasteiger charge is 2.65. The Morgan fingerprint density at radius 1 is 1.11 bits per heavy atom. The van der Waals surface area contributed by atoms with Crippen molar-refractivity contribution >= 4 is 5.97 Å². The minimum absolute atomic E-state index is 0.0623. The van der Waals surface area contributed by atoms with Crippen LogP contribution in [0.1, 0.15) is 104 Å². The number of esters is 1. The Kier molecular flexibility index (Phi) is 7.70. The number of nitrogens with zero attached hydrogens (tertiary/aromatic N) is 2. The first-order valence-corrected chi connectivity index (χ1v) is 17.1. The summed E-state index contributed by atoms with van der Waals surface area (Å²) in [4.78, 5) is 11.6. The summed E-state index contributed by atoms with van der Waals surface area (Å²) in [6.07, 6.45) is 13.4. The zero-order valence-corrected chi connectivity index (χ0v) is 27.4. The van der Waals surface area contributed by atoms with E-state index in [0.717, 1.165) is 61.2 Å². The molecule has 5 aliphatic rings. The van der Waals surface area contributed by atoms with Crippen molar-refractivity contribution in [2.24, 2.45) is 40.4 Å². The van der Waals surface area contributed by atoms with Crippen molar-refractivity contribution in [2.75, 3.05) is 7.11 Å². The van der Waals surface area contributed by atoms with Crippen LogP contribution in [0.15, 0.2) is 40.3 Å². The fraction of sp³-hybridized carbons (Fsp3) is 0.703. The first-order chi connectivity index (χ1) is 21.1. The Morgan fingerprint density at radius 3 is 2.66 bits per heavy atom. The Morgan fingerprint density at radius 2 is 1.91 bits per heavy atom. The Hall–Kier alpha value is -2.67. The van der Waals surface area contributed by atoms with Crippen LogP contribution in [0.5, 0.6) is 5.75 Å². The van der Waals surface area contributed by atoms with E-state index >= 15 is 0 Å². The largest absolute Gasteiger partial charge is 0.497 e. The van der Waals surface area contributed by atoms with Crippen LogP contribution in [0.2, 0.25) is 0 Å². The lowest BCUT2D eigenvalue weighted by Crippen LogP contribution is -2.51. The van der Waals surface area contributed by atoms with Crippen LogP contribution in [0.4, 0.5) is 0 Å². The molecule has 0 unspecified atom stereocenters. The summed E-state index contributed by atoms with van der Waals surface area (Å²) in [6, 6.07) is 7.73. The van der Waals surface area contributed by atoms with E-state index in [0.29, 0.717) is 41.2 Å². The third-order valence-corrected chi connectivity index (χ3v) is 13.1. The number of hydrogen-bond donors (Lipinski definition) is 0. The van der Waals surface area contributed by atoms with Gasteiger partial charge in [-0.2, -0.15) is 0 Å². The molecule has 11 atom stereocenters. The van der Waals surface area contributed by atoms with Gasteiger partial charge in [-0.1, -0.05) is 39.3 Å². The van der Waals surface area contributed by atoms with E-state index in [9.17, 15) is 4.79 Å². The van der Waals surface area contributed by atoms with E-state index in [2.05, 4.69) is 44.0 Å². The molecule has 1 aromatic heterocycles. The van der Waals surface area contributed by atoms with Gasteiger partial charge in [-0.15, -0.1) is 10.2 Å². The van der Waals surface area contributed by atoms with Gasteiger partial charge in [-0.3, -0.25) is 4.79 Å². The van der Waals surface area contributed by atoms with Gasteiger partial charge in [0.1, 0.15) is 11.9 Å². The summed E-state index contributed by atoms with van der Waals surface area (Å²) < 4.78 is 24.0. The quantitative estimate of drug-likeness (QED) is 0.234. The molecule has 1 aromatic carbocycles. The summed E-state index contributed by atoms with van der Waals surface area (Å²) in [5.41, 5.74) is 3.07. The summed E-state index contributed by atoms with van der Waals surface area (Å²) in [7, 11) is 1.66. The second kappa shape index (κ2) is 11.3. The van der Waals surface area contributed by atoms with E-state index in [1.807, 2.05) is 24.3 Å². The number of fused-ring (bicyclic) bond motifs is 7. The summed E-state index contributed by atoms with van der Waals surface area (Å²) in [5, 5.41) is 8.72. The van der Waals surface area contributed by atoms with Crippen molar-refractivity contribution in [1.29, 1.82) is 0 Å². The minimum Gasteiger partial charge on any atom is -0.497 e. The third kappa shape index (κ3) is 4.92. The Balaban J connectivity index is 0.987. The first kappa shape index (κ1) is 30.0. The van der Waals surface area contributed by atoms with Gasteiger partial charge in [0, 0.05) is 24.8 Å². The van der Waals surface area contributed by atoms with Crippen LogP contribution in [-0.2, 0) is 14.3 Å². The number of methoxy groups -OCH3 is 1. The highest BCUT2D eigenvalue weighted by atomic mass is 16.5. The summed E-state index contributed by atoms with van der Waals surface area (Å²) >= 11 is 0. The molecule has 0 N–H and O–H groups in total. The molecule has 2 aromatic rings. The number of allylic oxidation sites excluding steroid dienone is 1. The Labute approximate surface area is 262 Å². The van der Waals surface area contributed by atoms with Crippen LogP contribution in [0.3, 0.4) is 0 Å². The molecule has 1 aliphatic heterocycles. The Bertz CT molecular complexity index is 1400. The maximum absolute atomic E-state index is 11.6. The molecule has 44 heavy (non-hydrogen) atoms. The molecule has 4 fully saturated rings. The molecule has 0 radical (unpaired) electrons. The number of carbonyl (C=O) groups excluding carboxylic acids is 1. The van der Waals surface area contributed by atoms with Crippen molar-refractivity contribution in [2.45, 2.75) is 117 Å². The van der Waals surface area contributed by atoms with Gasteiger partial charge >= 0.3 is 5.97 Å². The van der Waals surface area contributed by atoms with Gasteiger partial charge < -0.3 is 18.6 Å². The average Bonchev–Trinajstić information content (AvgIpc) is 3.70. The smallest absolute Gasteiger partial charge is 0.302 e. The molecule has 7 heteroatoms. The van der Waals surface area contributed by atoms with Crippen LogP contribution < -0.4 is 4.74 Å². The molecule has 4 aliphatic carbocycles. The zero-order valence-electron chi connectivity index (χ0n) is 27.4. The van der Waals surface area contributed by atoms with E-state index in [-0.39, 0.29) is 23.4 Å². The van der Waals surface area contributed by atoms with Crippen LogP contribution in [0, 0.1) is 40.4 Å². The second-order valence-electron chi connectivity index (χ2n) is 15.3. The molecular weight excluding hydrogens is 552 g/mol. The molecule has 2 heterocycles. The fourth-order valence-corrected chi connectivity index (χ4v) is 10.8. The zero-order chi connectivity index (χ0) is 30.8. The lowest BCUT2D eigenvalue weighted by molar-refractivity contribution is -0.148. The molecule has 1 saturated heterocycles. The van der Waals surface area contributed by atoms with Crippen molar-refractivity contribution in [3.05, 3.63) is 41.8 Å². The average molecular weight is 603 g/mol. The number of aromatic nitrogens is 2. The fourth-order valence-electron chi connectivity index (χ4n) is 10.8. The first-order valence-electron chi connectivity index (χ1n) is 17.1. The molecular formula is C37H50N2O5. The predicted molar refractivity (Wildman–Crippen MR) is 168 cm³/mol. The lowest BCUT2D eigenvalue weighted by Gasteiger charge is -2.58. The van der Waals surface area contributed by atoms with E-state index in [4.69, 9.17) is 18.6 Å². The van der Waals surface area contributed by atoms with E-state index in [1.54, 1.807) is 19.6 Å². The van der Waals surface area contributed by atoms with Gasteiger partial charge in [0.2, 0.25) is 11.8 Å². The normalized spacial score (nSPS) is 39.8. The number of ether oxygens (including phenoxy) is 3. The van der Waals surface area contributed by atoms with Gasteiger partial charge in [-0.05, 0) is 116 Å². The van der Waals surface area contributed by atoms with Crippen LogP contribution in [-0.4, -0.2) is 41.6 Å². The number of carbonyl (C=O) groups is 1. The molecule has 0 bridgehead atoms. The number of benzene rings is 1. The van der Waals surface area contributed by atoms with Gasteiger partial charge in [0.25, 0.3) is 0 Å². The van der Waals surface area contributed by atoms with E-state index < -0.39 is 0 Å². The van der Waals surface area contributed by atoms with Crippen molar-refractivity contribution < 1.29 is 23.4 Å². The molecule has 7 rings (SSSR count). The second-order valence-corrected chi connectivity index (χ2v) is 15.3. The van der Waals surface area contributed by atoms with E-state index in [1.165, 1.54) is 25.7 Å². The third-order valence-electron chi connectivity index (χ3n) is 13.1. The predicted octanol–water partition coefficient (Wildman–Crippen LogP) is 8.15. The molecule has 3 saturated carbocycles. The maximum atomic E-state index is 11.6. The number of hydrogen-bond acceptors (Lipinski definition) is 7. The van der Waals surface area contributed by atoms with Gasteiger partial charge in [0.15, 0.2) is 0 Å². The maximum Gasteiger partial charge on any atom is 0.302 e. The van der Waals surface area contributed by atoms with Crippen molar-refractivity contribution in [1.82, 2.24) is 10.2 Å². The number of rotatable bonds is 7. The highest BCUT2D eigenvalue weighted by Crippen LogP contribution is 2.69. The highest BCUT2D eigenvalue weighted by molar-refractivity contribution is 5.66. The van der Waals surface area contributed by atoms with Gasteiger partial charge in [0.05, 0.1) is 19.3 Å². The summed E-state index contributed by atoms with van der Waals surface area (Å²) in [6.45, 7) is 11.3. The topological polar surface area (TPSA) is 83.7 Å². The minimum atomic E-state index is -0.144. The monoisotopic (exact) mass is 602 g/mol. The summed E-state index contributed by atoms with van der Waals surface area (Å²) in [5.74, 6) is 5.51. The molecule has 0 amide bonds. The van der Waals surface area contributed by atoms with Crippen LogP contribution >= 0.6 is 0 Å². The van der Waals surface area contributed by atoms with Crippen LogP contribution in [0.25, 0.3) is 11.5 Å². The molecule has 0 spiro atoms. The van der Waals surface area contributed by atoms with Crippen molar-refractivity contribution in [3.63, 3.8) is 0 Å². The lowest BCUT2D eigenvalue weighted by atomic mass is 9.47. The van der Waals surface area contributed by atoms with Crippen molar-refractivity contribution in [3.8, 4) is 17.2 Å². The molecule has 238 valence electrons.